The Kier molecular flexibility index (Phi) is 5.32. The molecular formula is C17H23NO5S. The highest BCUT2D eigenvalue weighted by molar-refractivity contribution is 7.90. The van der Waals surface area contributed by atoms with E-state index in [1.807, 2.05) is 6.92 Å². The average Bonchev–Trinajstić information content (AvgIpc) is 2.52. The summed E-state index contributed by atoms with van der Waals surface area (Å²) in [5, 5.41) is 9.31. The molecule has 1 N–H and O–H groups in total. The lowest BCUT2D eigenvalue weighted by atomic mass is 9.89. The first kappa shape index (κ1) is 18.4. The summed E-state index contributed by atoms with van der Waals surface area (Å²) in [4.78, 5) is 26.0. The molecule has 0 aliphatic carbocycles. The summed E-state index contributed by atoms with van der Waals surface area (Å²) < 4.78 is 23.6. The molecule has 0 aromatic heterocycles. The molecule has 2 atom stereocenters. The highest BCUT2D eigenvalue weighted by Gasteiger charge is 2.36. The number of hydrogen-bond acceptors (Lipinski definition) is 4. The zero-order valence-corrected chi connectivity index (χ0v) is 15.0. The molecule has 0 saturated carbocycles. The Bertz CT molecular complexity index is 756. The Morgan fingerprint density at radius 3 is 2.54 bits per heavy atom. The van der Waals surface area contributed by atoms with Gasteiger partial charge in [0, 0.05) is 24.4 Å². The van der Waals surface area contributed by atoms with Gasteiger partial charge in [-0.05, 0) is 43.9 Å². The summed E-state index contributed by atoms with van der Waals surface area (Å²) in [6.07, 6.45) is 2.87. The van der Waals surface area contributed by atoms with Crippen molar-refractivity contribution in [3.8, 4) is 0 Å². The lowest BCUT2D eigenvalue weighted by Gasteiger charge is -2.37. The normalized spacial score (nSPS) is 21.5. The third-order valence-electron chi connectivity index (χ3n) is 4.69. The number of aryl methyl sites for hydroxylation is 1. The van der Waals surface area contributed by atoms with Gasteiger partial charge in [0.05, 0.1) is 10.8 Å². The Hall–Kier alpha value is -1.89. The summed E-state index contributed by atoms with van der Waals surface area (Å²) in [5.74, 6) is -1.79. The Morgan fingerprint density at radius 1 is 1.33 bits per heavy atom. The van der Waals surface area contributed by atoms with Crippen molar-refractivity contribution >= 4 is 21.7 Å². The zero-order chi connectivity index (χ0) is 18.1. The molecule has 0 bridgehead atoms. The number of aliphatic carboxylic acids is 1. The summed E-state index contributed by atoms with van der Waals surface area (Å²) in [5.41, 5.74) is 1.11. The van der Waals surface area contributed by atoms with Crippen molar-refractivity contribution in [2.24, 2.45) is 5.92 Å². The van der Waals surface area contributed by atoms with E-state index in [4.69, 9.17) is 0 Å². The molecule has 0 radical (unpaired) electrons. The van der Waals surface area contributed by atoms with Crippen LogP contribution in [0.4, 0.5) is 0 Å². The number of carboxylic acid groups (broad SMARTS) is 1. The predicted molar refractivity (Wildman–Crippen MR) is 89.8 cm³/mol. The zero-order valence-electron chi connectivity index (χ0n) is 14.2. The van der Waals surface area contributed by atoms with E-state index in [1.54, 1.807) is 17.9 Å². The third-order valence-corrected chi connectivity index (χ3v) is 5.80. The fourth-order valence-electron chi connectivity index (χ4n) is 3.21. The highest BCUT2D eigenvalue weighted by atomic mass is 32.2. The van der Waals surface area contributed by atoms with Crippen LogP contribution in [0.15, 0.2) is 23.1 Å². The largest absolute Gasteiger partial charge is 0.481 e. The maximum atomic E-state index is 13.0. The third kappa shape index (κ3) is 3.61. The molecule has 1 aromatic rings. The SMILES string of the molecule is CCc1ccc(S(C)(=O)=O)cc1C(=O)N1CCC[C@H](C(=O)O)[C@@H]1C. The number of rotatable bonds is 4. The number of amides is 1. The van der Waals surface area contributed by atoms with Gasteiger partial charge in [0.15, 0.2) is 9.84 Å². The van der Waals surface area contributed by atoms with Crippen LogP contribution in [0.1, 0.15) is 42.6 Å². The Balaban J connectivity index is 2.43. The van der Waals surface area contributed by atoms with Crippen LogP contribution in [0, 0.1) is 5.92 Å². The molecule has 1 fully saturated rings. The molecular weight excluding hydrogens is 330 g/mol. The van der Waals surface area contributed by atoms with Crippen molar-refractivity contribution in [1.29, 1.82) is 0 Å². The van der Waals surface area contributed by atoms with Gasteiger partial charge in [-0.1, -0.05) is 13.0 Å². The maximum Gasteiger partial charge on any atom is 0.308 e. The Morgan fingerprint density at radius 2 is 2.00 bits per heavy atom. The first-order valence-corrected chi connectivity index (χ1v) is 9.92. The topological polar surface area (TPSA) is 91.8 Å². The minimum atomic E-state index is -3.42. The van der Waals surface area contributed by atoms with Crippen molar-refractivity contribution in [2.75, 3.05) is 12.8 Å². The van der Waals surface area contributed by atoms with Crippen LogP contribution in [0.3, 0.4) is 0 Å². The van der Waals surface area contributed by atoms with Gasteiger partial charge in [0.1, 0.15) is 0 Å². The van der Waals surface area contributed by atoms with Gasteiger partial charge in [-0.3, -0.25) is 9.59 Å². The van der Waals surface area contributed by atoms with Crippen molar-refractivity contribution in [3.63, 3.8) is 0 Å². The second kappa shape index (κ2) is 6.93. The number of carboxylic acids is 1. The molecule has 132 valence electrons. The van der Waals surface area contributed by atoms with Crippen LogP contribution in [0.5, 0.6) is 0 Å². The van der Waals surface area contributed by atoms with E-state index in [0.717, 1.165) is 11.8 Å². The first-order chi connectivity index (χ1) is 11.2. The van der Waals surface area contributed by atoms with Crippen LogP contribution in [-0.4, -0.2) is 49.1 Å². The van der Waals surface area contributed by atoms with E-state index in [1.165, 1.54) is 12.1 Å². The van der Waals surface area contributed by atoms with Gasteiger partial charge in [-0.2, -0.15) is 0 Å². The molecule has 1 aromatic carbocycles. The number of piperidine rings is 1. The standard InChI is InChI=1S/C17H23NO5S/c1-4-12-7-8-13(24(3,22)23)10-15(12)16(19)18-9-5-6-14(11(18)2)17(20)21/h7-8,10-11,14H,4-6,9H2,1-3H3,(H,20,21)/t11-,14-/m0/s1. The van der Waals surface area contributed by atoms with Gasteiger partial charge in [0.25, 0.3) is 5.91 Å². The van der Waals surface area contributed by atoms with Crippen molar-refractivity contribution in [2.45, 2.75) is 44.0 Å². The molecule has 6 nitrogen and oxygen atoms in total. The van der Waals surface area contributed by atoms with E-state index in [2.05, 4.69) is 0 Å². The van der Waals surface area contributed by atoms with E-state index < -0.39 is 27.8 Å². The predicted octanol–water partition coefficient (Wildman–Crippen LogP) is 1.98. The number of likely N-dealkylation sites (tertiary alicyclic amines) is 1. The average molecular weight is 353 g/mol. The monoisotopic (exact) mass is 353 g/mol. The van der Waals surface area contributed by atoms with Crippen molar-refractivity contribution in [1.82, 2.24) is 4.90 Å². The van der Waals surface area contributed by atoms with Crippen molar-refractivity contribution < 1.29 is 23.1 Å². The summed E-state index contributed by atoms with van der Waals surface area (Å²) in [6.45, 7) is 4.11. The maximum absolute atomic E-state index is 13.0. The number of hydrogen-bond donors (Lipinski definition) is 1. The number of sulfone groups is 1. The van der Waals surface area contributed by atoms with Crippen molar-refractivity contribution in [3.05, 3.63) is 29.3 Å². The highest BCUT2D eigenvalue weighted by Crippen LogP contribution is 2.27. The molecule has 1 amide bonds. The van der Waals surface area contributed by atoms with Gasteiger partial charge in [-0.15, -0.1) is 0 Å². The van der Waals surface area contributed by atoms with E-state index >= 15 is 0 Å². The van der Waals surface area contributed by atoms with E-state index in [-0.39, 0.29) is 10.8 Å². The second-order valence-electron chi connectivity index (χ2n) is 6.27. The molecule has 0 spiro atoms. The fraction of sp³-hybridized carbons (Fsp3) is 0.529. The quantitative estimate of drug-likeness (QED) is 0.893. The lowest BCUT2D eigenvalue weighted by molar-refractivity contribution is -0.144. The van der Waals surface area contributed by atoms with Crippen LogP contribution >= 0.6 is 0 Å². The number of nitrogens with zero attached hydrogens (tertiary/aromatic N) is 1. The smallest absolute Gasteiger partial charge is 0.308 e. The summed E-state index contributed by atoms with van der Waals surface area (Å²) >= 11 is 0. The van der Waals surface area contributed by atoms with Gasteiger partial charge in [0.2, 0.25) is 0 Å². The fourth-order valence-corrected chi connectivity index (χ4v) is 3.86. The number of carbonyl (C=O) groups is 2. The molecule has 0 unspecified atom stereocenters. The first-order valence-electron chi connectivity index (χ1n) is 8.03. The molecule has 2 rings (SSSR count). The number of carbonyl (C=O) groups excluding carboxylic acids is 1. The molecule has 7 heteroatoms. The summed E-state index contributed by atoms with van der Waals surface area (Å²) in [6, 6.07) is 4.15. The molecule has 1 aliphatic heterocycles. The van der Waals surface area contributed by atoms with Crippen LogP contribution in [-0.2, 0) is 21.1 Å². The summed E-state index contributed by atoms with van der Waals surface area (Å²) in [7, 11) is -3.42. The van der Waals surface area contributed by atoms with Gasteiger partial charge >= 0.3 is 5.97 Å². The second-order valence-corrected chi connectivity index (χ2v) is 8.29. The minimum Gasteiger partial charge on any atom is -0.481 e. The number of benzene rings is 1. The van der Waals surface area contributed by atoms with E-state index in [9.17, 15) is 23.1 Å². The molecule has 1 heterocycles. The van der Waals surface area contributed by atoms with Gasteiger partial charge < -0.3 is 10.0 Å². The lowest BCUT2D eigenvalue weighted by Crippen LogP contribution is -2.49. The minimum absolute atomic E-state index is 0.0995. The van der Waals surface area contributed by atoms with Crippen LogP contribution in [0.2, 0.25) is 0 Å². The van der Waals surface area contributed by atoms with Crippen LogP contribution < -0.4 is 0 Å². The molecule has 24 heavy (non-hydrogen) atoms. The molecule has 1 saturated heterocycles. The molecule has 1 aliphatic rings. The Labute approximate surface area is 142 Å². The van der Waals surface area contributed by atoms with E-state index in [0.29, 0.717) is 31.4 Å². The van der Waals surface area contributed by atoms with Crippen LogP contribution in [0.25, 0.3) is 0 Å². The van der Waals surface area contributed by atoms with Gasteiger partial charge in [-0.25, -0.2) is 8.42 Å².